The highest BCUT2D eigenvalue weighted by atomic mass is 16.5. The summed E-state index contributed by atoms with van der Waals surface area (Å²) in [5.74, 6) is -0.888. The molecule has 3 aromatic rings. The third kappa shape index (κ3) is 3.50. The van der Waals surface area contributed by atoms with Crippen molar-refractivity contribution in [3.63, 3.8) is 0 Å². The number of amides is 3. The summed E-state index contributed by atoms with van der Waals surface area (Å²) in [7, 11) is 0. The van der Waals surface area contributed by atoms with E-state index in [1.165, 1.54) is 6.92 Å². The maximum Gasteiger partial charge on any atom is 0.321 e. The van der Waals surface area contributed by atoms with Gasteiger partial charge >= 0.3 is 6.01 Å². The van der Waals surface area contributed by atoms with E-state index < -0.39 is 23.8 Å². The van der Waals surface area contributed by atoms with Gasteiger partial charge in [-0.1, -0.05) is 12.1 Å². The Bertz CT molecular complexity index is 1110. The van der Waals surface area contributed by atoms with Crippen LogP contribution in [-0.4, -0.2) is 38.6 Å². The Hall–Kier alpha value is -4.07. The Morgan fingerprint density at radius 3 is 2.23 bits per heavy atom. The number of hydrogen-bond acceptors (Lipinski definition) is 6. The van der Waals surface area contributed by atoms with E-state index in [0.717, 1.165) is 10.5 Å². The van der Waals surface area contributed by atoms with Crippen molar-refractivity contribution in [3.8, 4) is 11.8 Å². The van der Waals surface area contributed by atoms with E-state index in [1.807, 2.05) is 0 Å². The van der Waals surface area contributed by atoms with Crippen molar-refractivity contribution in [3.05, 3.63) is 77.6 Å². The van der Waals surface area contributed by atoms with Crippen LogP contribution in [0.3, 0.4) is 0 Å². The first kappa shape index (κ1) is 19.3. The van der Waals surface area contributed by atoms with Gasteiger partial charge < -0.3 is 10.1 Å². The SMILES string of the molecule is Cc1cc(Oc2ncccn2)ccc1NC(=O)C(C)N1C(=O)c2ccccc2C1=O. The number of benzene rings is 2. The number of nitrogens with zero attached hydrogens (tertiary/aromatic N) is 3. The molecule has 1 atom stereocenters. The molecule has 0 bridgehead atoms. The minimum absolute atomic E-state index is 0.216. The van der Waals surface area contributed by atoms with Crippen LogP contribution in [0.5, 0.6) is 11.8 Å². The van der Waals surface area contributed by atoms with Gasteiger partial charge in [0.05, 0.1) is 11.1 Å². The standard InChI is InChI=1S/C22H18N4O4/c1-13-12-15(30-22-23-10-5-11-24-22)8-9-18(13)25-19(27)14(2)26-20(28)16-6-3-4-7-17(16)21(26)29/h3-12,14H,1-2H3,(H,25,27). The van der Waals surface area contributed by atoms with Gasteiger partial charge in [0.2, 0.25) is 5.91 Å². The number of nitrogens with one attached hydrogen (secondary N) is 1. The van der Waals surface area contributed by atoms with E-state index in [1.54, 1.807) is 67.8 Å². The minimum Gasteiger partial charge on any atom is -0.424 e. The van der Waals surface area contributed by atoms with Crippen molar-refractivity contribution in [2.75, 3.05) is 5.32 Å². The highest BCUT2D eigenvalue weighted by molar-refractivity contribution is 6.23. The number of hydrogen-bond donors (Lipinski definition) is 1. The van der Waals surface area contributed by atoms with Gasteiger partial charge in [-0.25, -0.2) is 9.97 Å². The average Bonchev–Trinajstić information content (AvgIpc) is 3.01. The Kier molecular flexibility index (Phi) is 4.97. The Balaban J connectivity index is 1.47. The van der Waals surface area contributed by atoms with Crippen molar-refractivity contribution in [1.29, 1.82) is 0 Å². The quantitative estimate of drug-likeness (QED) is 0.658. The molecule has 1 unspecified atom stereocenters. The number of rotatable bonds is 5. The highest BCUT2D eigenvalue weighted by Gasteiger charge is 2.40. The molecule has 0 aliphatic carbocycles. The fourth-order valence-corrected chi connectivity index (χ4v) is 3.20. The molecule has 1 aromatic heterocycles. The smallest absolute Gasteiger partial charge is 0.321 e. The van der Waals surface area contributed by atoms with Gasteiger partial charge in [-0.15, -0.1) is 0 Å². The summed E-state index contributed by atoms with van der Waals surface area (Å²) in [4.78, 5) is 46.9. The van der Waals surface area contributed by atoms with Crippen LogP contribution in [0.25, 0.3) is 0 Å². The van der Waals surface area contributed by atoms with Crippen molar-refractivity contribution in [1.82, 2.24) is 14.9 Å². The van der Waals surface area contributed by atoms with E-state index in [4.69, 9.17) is 4.74 Å². The lowest BCUT2D eigenvalue weighted by molar-refractivity contribution is -0.119. The van der Waals surface area contributed by atoms with Crippen molar-refractivity contribution < 1.29 is 19.1 Å². The molecule has 4 rings (SSSR count). The second kappa shape index (κ2) is 7.75. The van der Waals surface area contributed by atoms with E-state index in [9.17, 15) is 14.4 Å². The fourth-order valence-electron chi connectivity index (χ4n) is 3.20. The molecule has 0 radical (unpaired) electrons. The summed E-state index contributed by atoms with van der Waals surface area (Å²) in [5.41, 5.74) is 1.90. The predicted molar refractivity (Wildman–Crippen MR) is 108 cm³/mol. The van der Waals surface area contributed by atoms with Crippen LogP contribution in [-0.2, 0) is 4.79 Å². The van der Waals surface area contributed by atoms with Crippen LogP contribution in [0.15, 0.2) is 60.9 Å². The third-order valence-corrected chi connectivity index (χ3v) is 4.80. The van der Waals surface area contributed by atoms with Crippen molar-refractivity contribution in [2.45, 2.75) is 19.9 Å². The summed E-state index contributed by atoms with van der Waals surface area (Å²) >= 11 is 0. The zero-order valence-corrected chi connectivity index (χ0v) is 16.3. The zero-order chi connectivity index (χ0) is 21.3. The monoisotopic (exact) mass is 402 g/mol. The number of aryl methyl sites for hydroxylation is 1. The molecule has 0 spiro atoms. The molecule has 30 heavy (non-hydrogen) atoms. The number of imide groups is 1. The van der Waals surface area contributed by atoms with Crippen molar-refractivity contribution >= 4 is 23.4 Å². The van der Waals surface area contributed by atoms with E-state index in [-0.39, 0.29) is 6.01 Å². The molecule has 2 heterocycles. The lowest BCUT2D eigenvalue weighted by Gasteiger charge is -2.22. The van der Waals surface area contributed by atoms with Crippen LogP contribution in [0, 0.1) is 6.92 Å². The number of carbonyl (C=O) groups is 3. The van der Waals surface area contributed by atoms with E-state index >= 15 is 0 Å². The van der Waals surface area contributed by atoms with Crippen molar-refractivity contribution in [2.24, 2.45) is 0 Å². The molecular weight excluding hydrogens is 384 g/mol. The fraction of sp³-hybridized carbons (Fsp3) is 0.136. The number of anilines is 1. The molecule has 0 saturated heterocycles. The molecule has 2 aromatic carbocycles. The number of aromatic nitrogens is 2. The third-order valence-electron chi connectivity index (χ3n) is 4.80. The largest absolute Gasteiger partial charge is 0.424 e. The van der Waals surface area contributed by atoms with Gasteiger partial charge in [0.15, 0.2) is 0 Å². The Morgan fingerprint density at radius 2 is 1.63 bits per heavy atom. The number of ether oxygens (including phenoxy) is 1. The molecular formula is C22H18N4O4. The summed E-state index contributed by atoms with van der Waals surface area (Å²) < 4.78 is 5.58. The maximum absolute atomic E-state index is 12.8. The van der Waals surface area contributed by atoms with Crippen LogP contribution < -0.4 is 10.1 Å². The summed E-state index contributed by atoms with van der Waals surface area (Å²) in [6, 6.07) is 12.6. The normalized spacial score (nSPS) is 13.7. The van der Waals surface area contributed by atoms with Gasteiger partial charge in [0.25, 0.3) is 11.8 Å². The first-order valence-electron chi connectivity index (χ1n) is 9.29. The van der Waals surface area contributed by atoms with Gasteiger partial charge in [-0.2, -0.15) is 0 Å². The first-order valence-corrected chi connectivity index (χ1v) is 9.29. The van der Waals surface area contributed by atoms with Crippen LogP contribution >= 0.6 is 0 Å². The van der Waals surface area contributed by atoms with E-state index in [2.05, 4.69) is 15.3 Å². The molecule has 8 nitrogen and oxygen atoms in total. The highest BCUT2D eigenvalue weighted by Crippen LogP contribution is 2.27. The molecule has 150 valence electrons. The average molecular weight is 402 g/mol. The second-order valence-corrected chi connectivity index (χ2v) is 6.80. The predicted octanol–water partition coefficient (Wildman–Crippen LogP) is 3.20. The molecule has 8 heteroatoms. The Labute approximate surface area is 172 Å². The topological polar surface area (TPSA) is 101 Å². The van der Waals surface area contributed by atoms with E-state index in [0.29, 0.717) is 22.6 Å². The summed E-state index contributed by atoms with van der Waals surface area (Å²) in [6.45, 7) is 3.33. The lowest BCUT2D eigenvalue weighted by atomic mass is 10.1. The van der Waals surface area contributed by atoms with Crippen LogP contribution in [0.2, 0.25) is 0 Å². The molecule has 0 fully saturated rings. The molecule has 3 amide bonds. The maximum atomic E-state index is 12.8. The van der Waals surface area contributed by atoms with Gasteiger partial charge in [-0.05, 0) is 55.8 Å². The first-order chi connectivity index (χ1) is 14.5. The molecule has 1 aliphatic heterocycles. The molecule has 1 N–H and O–H groups in total. The minimum atomic E-state index is -0.967. The Morgan fingerprint density at radius 1 is 1.00 bits per heavy atom. The second-order valence-electron chi connectivity index (χ2n) is 6.80. The molecule has 1 aliphatic rings. The lowest BCUT2D eigenvalue weighted by Crippen LogP contribution is -2.45. The summed E-state index contributed by atoms with van der Waals surface area (Å²) in [6.07, 6.45) is 3.15. The van der Waals surface area contributed by atoms with Gasteiger partial charge in [0, 0.05) is 18.1 Å². The van der Waals surface area contributed by atoms with Crippen LogP contribution in [0.4, 0.5) is 5.69 Å². The number of fused-ring (bicyclic) bond motifs is 1. The summed E-state index contributed by atoms with van der Waals surface area (Å²) in [5, 5.41) is 2.77. The van der Waals surface area contributed by atoms with Gasteiger partial charge in [0.1, 0.15) is 11.8 Å². The van der Waals surface area contributed by atoms with Crippen LogP contribution in [0.1, 0.15) is 33.2 Å². The zero-order valence-electron chi connectivity index (χ0n) is 16.3. The number of carbonyl (C=O) groups excluding carboxylic acids is 3. The molecule has 0 saturated carbocycles. The van der Waals surface area contributed by atoms with Gasteiger partial charge in [-0.3, -0.25) is 19.3 Å².